The van der Waals surface area contributed by atoms with Gasteiger partial charge in [0, 0.05) is 13.1 Å². The summed E-state index contributed by atoms with van der Waals surface area (Å²) in [6.45, 7) is 4.69. The Balaban J connectivity index is 0. The minimum Gasteiger partial charge on any atom is -0.464 e. The molecule has 0 aromatic carbocycles. The van der Waals surface area contributed by atoms with E-state index in [2.05, 4.69) is 4.99 Å². The van der Waals surface area contributed by atoms with Gasteiger partial charge in [-0.3, -0.25) is 4.79 Å². The number of aliphatic imine (C=N–C) groups is 1. The van der Waals surface area contributed by atoms with Crippen molar-refractivity contribution in [1.29, 1.82) is 0 Å². The van der Waals surface area contributed by atoms with Crippen molar-refractivity contribution in [3.05, 3.63) is 10.1 Å². The number of piperidine rings is 1. The van der Waals surface area contributed by atoms with Crippen LogP contribution in [0, 0.1) is 16.0 Å². The second-order valence-electron chi connectivity index (χ2n) is 6.31. The number of halogens is 2. The third-order valence-corrected chi connectivity index (χ3v) is 4.18. The molecule has 1 heterocycles. The maximum Gasteiger partial charge on any atom is 0.328 e. The molecule has 0 radical (unpaired) electrons. The van der Waals surface area contributed by atoms with Gasteiger partial charge in [0.2, 0.25) is 5.91 Å². The number of rotatable bonds is 8. The van der Waals surface area contributed by atoms with Gasteiger partial charge in [0.15, 0.2) is 5.03 Å². The Labute approximate surface area is 176 Å². The number of amides is 1. The molecule has 5 N–H and O–H groups in total. The molecule has 0 aliphatic carbocycles. The summed E-state index contributed by atoms with van der Waals surface area (Å²) in [7, 11) is 0. The second kappa shape index (κ2) is 14.2. The predicted octanol–water partition coefficient (Wildman–Crippen LogP) is 0.224. The van der Waals surface area contributed by atoms with Gasteiger partial charge in [0.1, 0.15) is 6.04 Å². The summed E-state index contributed by atoms with van der Waals surface area (Å²) < 4.78 is 5.08. The van der Waals surface area contributed by atoms with Crippen molar-refractivity contribution >= 4 is 42.7 Å². The first kappa shape index (κ1) is 28.4. The van der Waals surface area contributed by atoms with Gasteiger partial charge in [-0.15, -0.1) is 24.8 Å². The van der Waals surface area contributed by atoms with Crippen LogP contribution >= 0.6 is 24.8 Å². The molecule has 1 amide bonds. The van der Waals surface area contributed by atoms with E-state index in [0.717, 1.165) is 6.42 Å². The van der Waals surface area contributed by atoms with Gasteiger partial charge >= 0.3 is 5.97 Å². The minimum absolute atomic E-state index is 0. The Bertz CT molecular complexity index is 551. The van der Waals surface area contributed by atoms with Gasteiger partial charge < -0.3 is 21.1 Å². The highest BCUT2D eigenvalue weighted by atomic mass is 35.5. The Hall–Kier alpha value is -1.85. The molecular formula is C15H30Cl2N6O5. The summed E-state index contributed by atoms with van der Waals surface area (Å²) in [5, 5.41) is 9.39. The van der Waals surface area contributed by atoms with Crippen LogP contribution < -0.4 is 16.9 Å². The lowest BCUT2D eigenvalue weighted by atomic mass is 9.91. The number of likely N-dealkylation sites (tertiary alicyclic amines) is 1. The standard InChI is InChI=1S/C15H28N6O5.2ClH/c1-3-26-14(23)12-9-10(2)6-8-20(12)13(22)11(16)5-4-7-18-15(17)19-21(24)25;;/h10-12H,3-9,16H2,1-2H3,(H3,17,18,19);2*1H/t10-,11-,12-;;/m0../s1. The fraction of sp³-hybridized carbons (Fsp3) is 0.800. The highest BCUT2D eigenvalue weighted by molar-refractivity contribution is 5.87. The van der Waals surface area contributed by atoms with E-state index in [1.54, 1.807) is 12.3 Å². The number of nitrogens with one attached hydrogen (secondary N) is 1. The fourth-order valence-corrected chi connectivity index (χ4v) is 2.84. The molecule has 13 heteroatoms. The van der Waals surface area contributed by atoms with E-state index < -0.39 is 23.1 Å². The lowest BCUT2D eigenvalue weighted by molar-refractivity contribution is -0.525. The van der Waals surface area contributed by atoms with Crippen molar-refractivity contribution in [2.45, 2.75) is 51.6 Å². The predicted molar refractivity (Wildman–Crippen MR) is 109 cm³/mol. The summed E-state index contributed by atoms with van der Waals surface area (Å²) in [4.78, 5) is 40.3. The van der Waals surface area contributed by atoms with E-state index in [9.17, 15) is 19.7 Å². The molecule has 1 aliphatic heterocycles. The van der Waals surface area contributed by atoms with Crippen LogP contribution in [0.5, 0.6) is 0 Å². The van der Waals surface area contributed by atoms with Crippen molar-refractivity contribution in [2.75, 3.05) is 19.7 Å². The zero-order chi connectivity index (χ0) is 19.7. The summed E-state index contributed by atoms with van der Waals surface area (Å²) in [6.07, 6.45) is 2.13. The Kier molecular flexibility index (Phi) is 14.4. The molecule has 0 unspecified atom stereocenters. The normalized spacial score (nSPS) is 20.2. The summed E-state index contributed by atoms with van der Waals surface area (Å²) in [5.41, 5.74) is 13.0. The van der Waals surface area contributed by atoms with Gasteiger partial charge in [-0.2, -0.15) is 0 Å². The number of carbonyl (C=O) groups excluding carboxylic acids is 2. The van der Waals surface area contributed by atoms with Gasteiger partial charge in [-0.1, -0.05) is 12.3 Å². The van der Waals surface area contributed by atoms with Crippen LogP contribution in [-0.2, 0) is 14.3 Å². The van der Waals surface area contributed by atoms with Crippen molar-refractivity contribution in [3.63, 3.8) is 0 Å². The summed E-state index contributed by atoms with van der Waals surface area (Å²) in [5.74, 6) is -0.670. The first-order valence-corrected chi connectivity index (χ1v) is 8.69. The van der Waals surface area contributed by atoms with Crippen LogP contribution in [0.2, 0.25) is 0 Å². The molecule has 1 fully saturated rings. The average Bonchev–Trinajstić information content (AvgIpc) is 2.57. The van der Waals surface area contributed by atoms with Gasteiger partial charge in [-0.05, 0) is 38.5 Å². The van der Waals surface area contributed by atoms with Crippen molar-refractivity contribution in [2.24, 2.45) is 22.4 Å². The molecule has 1 saturated heterocycles. The topological polar surface area (TPSA) is 166 Å². The number of hydrazine groups is 1. The highest BCUT2D eigenvalue weighted by Gasteiger charge is 2.37. The number of guanidine groups is 1. The molecule has 28 heavy (non-hydrogen) atoms. The number of hydrogen-bond acceptors (Lipinski definition) is 7. The van der Waals surface area contributed by atoms with Crippen LogP contribution in [0.1, 0.15) is 39.5 Å². The van der Waals surface area contributed by atoms with Crippen LogP contribution in [0.15, 0.2) is 4.99 Å². The zero-order valence-corrected chi connectivity index (χ0v) is 17.7. The number of nitro groups is 1. The second-order valence-corrected chi connectivity index (χ2v) is 6.31. The van der Waals surface area contributed by atoms with E-state index in [-0.39, 0.29) is 49.8 Å². The van der Waals surface area contributed by atoms with Crippen LogP contribution in [-0.4, -0.2) is 59.5 Å². The molecule has 0 aromatic heterocycles. The first-order chi connectivity index (χ1) is 12.3. The van der Waals surface area contributed by atoms with E-state index in [1.807, 2.05) is 6.92 Å². The van der Waals surface area contributed by atoms with E-state index in [0.29, 0.717) is 31.7 Å². The minimum atomic E-state index is -0.805. The maximum atomic E-state index is 12.6. The molecule has 164 valence electrons. The van der Waals surface area contributed by atoms with Gasteiger partial charge in [0.25, 0.3) is 5.96 Å². The first-order valence-electron chi connectivity index (χ1n) is 8.69. The molecule has 0 bridgehead atoms. The molecular weight excluding hydrogens is 415 g/mol. The third kappa shape index (κ3) is 9.38. The number of hydrogen-bond donors (Lipinski definition) is 3. The molecule has 0 aromatic rings. The molecule has 3 atom stereocenters. The molecule has 1 rings (SSSR count). The van der Waals surface area contributed by atoms with E-state index in [1.165, 1.54) is 4.90 Å². The van der Waals surface area contributed by atoms with Crippen LogP contribution in [0.3, 0.4) is 0 Å². The monoisotopic (exact) mass is 444 g/mol. The van der Waals surface area contributed by atoms with Gasteiger partial charge in [0.05, 0.1) is 12.6 Å². The highest BCUT2D eigenvalue weighted by Crippen LogP contribution is 2.24. The lowest BCUT2D eigenvalue weighted by Crippen LogP contribution is -2.55. The quantitative estimate of drug-likeness (QED) is 0.119. The average molecular weight is 445 g/mol. The number of carbonyl (C=O) groups is 2. The molecule has 1 aliphatic rings. The number of nitrogens with zero attached hydrogens (tertiary/aromatic N) is 3. The Morgan fingerprint density at radius 1 is 1.43 bits per heavy atom. The van der Waals surface area contributed by atoms with Crippen molar-refractivity contribution < 1.29 is 19.4 Å². The summed E-state index contributed by atoms with van der Waals surface area (Å²) >= 11 is 0. The third-order valence-electron chi connectivity index (χ3n) is 4.18. The number of esters is 1. The van der Waals surface area contributed by atoms with Crippen LogP contribution in [0.25, 0.3) is 0 Å². The fourth-order valence-electron chi connectivity index (χ4n) is 2.84. The molecule has 0 spiro atoms. The zero-order valence-electron chi connectivity index (χ0n) is 16.0. The number of nitrogens with two attached hydrogens (primary N) is 2. The molecule has 11 nitrogen and oxygen atoms in total. The Morgan fingerprint density at radius 3 is 2.64 bits per heavy atom. The van der Waals surface area contributed by atoms with Gasteiger partial charge in [-0.25, -0.2) is 19.9 Å². The molecule has 0 saturated carbocycles. The maximum absolute atomic E-state index is 12.6. The lowest BCUT2D eigenvalue weighted by Gasteiger charge is -2.38. The summed E-state index contributed by atoms with van der Waals surface area (Å²) in [6, 6.07) is -1.38. The smallest absolute Gasteiger partial charge is 0.328 e. The Morgan fingerprint density at radius 2 is 2.07 bits per heavy atom. The number of ether oxygens (including phenoxy) is 1. The SMILES string of the molecule is CCOC(=O)[C@@H]1C[C@@H](C)CCN1C(=O)[C@@H](N)CCCN=C(N)N[N+](=O)[O-].Cl.Cl. The van der Waals surface area contributed by atoms with Crippen LogP contribution in [0.4, 0.5) is 0 Å². The van der Waals surface area contributed by atoms with Crippen molar-refractivity contribution in [1.82, 2.24) is 10.3 Å². The largest absolute Gasteiger partial charge is 0.464 e. The van der Waals surface area contributed by atoms with E-state index >= 15 is 0 Å². The van der Waals surface area contributed by atoms with Crippen molar-refractivity contribution in [3.8, 4) is 0 Å². The van der Waals surface area contributed by atoms with E-state index in [4.69, 9.17) is 16.2 Å².